The van der Waals surface area contributed by atoms with Crippen LogP contribution in [0.2, 0.25) is 0 Å². The molecule has 2 atom stereocenters. The van der Waals surface area contributed by atoms with Crippen molar-refractivity contribution in [3.8, 4) is 5.75 Å². The number of nitrogens with zero attached hydrogens (tertiary/aromatic N) is 5. The molecule has 1 N–H and O–H groups in total. The zero-order valence-corrected chi connectivity index (χ0v) is 23.0. The van der Waals surface area contributed by atoms with Crippen LogP contribution in [-0.2, 0) is 19.1 Å². The molecular weight excluding hydrogens is 502 g/mol. The van der Waals surface area contributed by atoms with E-state index in [0.717, 1.165) is 0 Å². The Bertz CT molecular complexity index is 1250. The van der Waals surface area contributed by atoms with Gasteiger partial charge in [-0.05, 0) is 57.0 Å². The zero-order chi connectivity index (χ0) is 28.6. The monoisotopic (exact) mass is 537 g/mol. The topological polar surface area (TPSA) is 146 Å². The van der Waals surface area contributed by atoms with E-state index >= 15 is 0 Å². The predicted molar refractivity (Wildman–Crippen MR) is 146 cm³/mol. The lowest BCUT2D eigenvalue weighted by Gasteiger charge is -2.33. The number of benzene rings is 2. The number of aliphatic hydroxyl groups is 1. The molecule has 208 valence electrons. The van der Waals surface area contributed by atoms with E-state index in [2.05, 4.69) is 10.0 Å². The van der Waals surface area contributed by atoms with Crippen molar-refractivity contribution in [3.05, 3.63) is 70.1 Å². The Labute approximate surface area is 228 Å². The lowest BCUT2D eigenvalue weighted by molar-refractivity contribution is -0.155. The highest BCUT2D eigenvalue weighted by Crippen LogP contribution is 2.46. The van der Waals surface area contributed by atoms with E-state index in [9.17, 15) is 9.59 Å². The van der Waals surface area contributed by atoms with Gasteiger partial charge in [0, 0.05) is 55.3 Å². The van der Waals surface area contributed by atoms with Crippen LogP contribution in [-0.4, -0.2) is 66.2 Å². The summed E-state index contributed by atoms with van der Waals surface area (Å²) in [6, 6.07) is 13.8. The van der Waals surface area contributed by atoms with Crippen molar-refractivity contribution >= 4 is 23.5 Å². The van der Waals surface area contributed by atoms with Gasteiger partial charge in [-0.2, -0.15) is 0 Å². The third-order valence-electron chi connectivity index (χ3n) is 5.92. The first kappa shape index (κ1) is 29.5. The summed E-state index contributed by atoms with van der Waals surface area (Å²) in [6.07, 6.45) is -0.557. The van der Waals surface area contributed by atoms with E-state index < -0.39 is 23.2 Å². The predicted octanol–water partition coefficient (Wildman–Crippen LogP) is 4.86. The SMILES string of the molecule is CN(C)C(=O)[C@@]1(CCC(=O)OC(C)(C)C)N=C(c2ccc(OCCCO)cc2)O[C@H]1c1ccccc1N=[N+]=[N-]. The molecular formula is C28H35N5O6. The summed E-state index contributed by atoms with van der Waals surface area (Å²) < 4.78 is 17.5. The minimum absolute atomic E-state index is 0.0000495. The van der Waals surface area contributed by atoms with Crippen molar-refractivity contribution < 1.29 is 28.9 Å². The van der Waals surface area contributed by atoms with Crippen molar-refractivity contribution in [2.75, 3.05) is 27.3 Å². The standard InChI is InChI=1S/C28H35N5O6/c1-27(2,3)39-23(35)15-16-28(26(36)33(4)5)24(21-9-6-7-10-22(21)31-32-29)38-25(30-28)19-11-13-20(14-12-19)37-18-8-17-34/h6-7,9-14,24,34H,8,15-18H2,1-5H3/t24-,28-/m0/s1. The molecule has 1 heterocycles. The summed E-state index contributed by atoms with van der Waals surface area (Å²) in [7, 11) is 3.22. The molecule has 0 aliphatic carbocycles. The lowest BCUT2D eigenvalue weighted by Crippen LogP contribution is -2.48. The highest BCUT2D eigenvalue weighted by Gasteiger charge is 2.54. The molecule has 0 radical (unpaired) electrons. The van der Waals surface area contributed by atoms with Crippen LogP contribution in [0, 0.1) is 0 Å². The second-order valence-electron chi connectivity index (χ2n) is 10.3. The molecule has 1 amide bonds. The fraction of sp³-hybridized carbons (Fsp3) is 0.464. The number of ether oxygens (including phenoxy) is 3. The maximum Gasteiger partial charge on any atom is 0.306 e. The maximum absolute atomic E-state index is 13.8. The number of carbonyl (C=O) groups excluding carboxylic acids is 2. The van der Waals surface area contributed by atoms with Gasteiger partial charge in [-0.1, -0.05) is 29.4 Å². The first-order valence-electron chi connectivity index (χ1n) is 12.7. The molecule has 0 fully saturated rings. The van der Waals surface area contributed by atoms with Crippen LogP contribution in [0.5, 0.6) is 5.75 Å². The average molecular weight is 538 g/mol. The van der Waals surface area contributed by atoms with Crippen LogP contribution in [0.3, 0.4) is 0 Å². The zero-order valence-electron chi connectivity index (χ0n) is 23.0. The van der Waals surface area contributed by atoms with Gasteiger partial charge in [0.25, 0.3) is 5.91 Å². The van der Waals surface area contributed by atoms with Crippen molar-refractivity contribution in [1.29, 1.82) is 0 Å². The first-order chi connectivity index (χ1) is 18.5. The first-order valence-corrected chi connectivity index (χ1v) is 12.7. The molecule has 11 heteroatoms. The molecule has 0 spiro atoms. The number of carbonyl (C=O) groups is 2. The smallest absolute Gasteiger partial charge is 0.306 e. The summed E-state index contributed by atoms with van der Waals surface area (Å²) in [5.41, 5.74) is 8.30. The van der Waals surface area contributed by atoms with Crippen molar-refractivity contribution in [1.82, 2.24) is 4.90 Å². The average Bonchev–Trinajstić information content (AvgIpc) is 3.27. The summed E-state index contributed by atoms with van der Waals surface area (Å²) in [4.78, 5) is 35.7. The molecule has 1 aliphatic heterocycles. The molecule has 1 aliphatic rings. The van der Waals surface area contributed by atoms with Crippen LogP contribution < -0.4 is 4.74 Å². The van der Waals surface area contributed by atoms with Crippen LogP contribution in [0.1, 0.15) is 57.3 Å². The van der Waals surface area contributed by atoms with Crippen molar-refractivity contribution in [2.45, 2.75) is 57.3 Å². The Morgan fingerprint density at radius 1 is 1.18 bits per heavy atom. The fourth-order valence-corrected chi connectivity index (χ4v) is 4.25. The van der Waals surface area contributed by atoms with Gasteiger partial charge < -0.3 is 24.2 Å². The third-order valence-corrected chi connectivity index (χ3v) is 5.92. The van der Waals surface area contributed by atoms with Crippen molar-refractivity contribution in [2.24, 2.45) is 10.1 Å². The Kier molecular flexibility index (Phi) is 9.56. The highest BCUT2D eigenvalue weighted by atomic mass is 16.6. The Hall–Kier alpha value is -4.08. The van der Waals surface area contributed by atoms with E-state index in [0.29, 0.717) is 35.6 Å². The summed E-state index contributed by atoms with van der Waals surface area (Å²) in [5.74, 6) is -0.0251. The van der Waals surface area contributed by atoms with Gasteiger partial charge >= 0.3 is 5.97 Å². The third kappa shape index (κ3) is 7.28. The molecule has 0 saturated carbocycles. The minimum Gasteiger partial charge on any atom is -0.494 e. The second-order valence-corrected chi connectivity index (χ2v) is 10.3. The van der Waals surface area contributed by atoms with E-state index in [4.69, 9.17) is 29.8 Å². The van der Waals surface area contributed by atoms with Gasteiger partial charge in [0.1, 0.15) is 11.4 Å². The van der Waals surface area contributed by atoms with E-state index in [1.54, 1.807) is 83.4 Å². The summed E-state index contributed by atoms with van der Waals surface area (Å²) in [5, 5.41) is 12.8. The molecule has 0 saturated heterocycles. The van der Waals surface area contributed by atoms with Gasteiger partial charge in [0.2, 0.25) is 5.90 Å². The number of esters is 1. The Morgan fingerprint density at radius 2 is 1.87 bits per heavy atom. The number of aliphatic hydroxyl groups excluding tert-OH is 1. The number of azide groups is 1. The van der Waals surface area contributed by atoms with Crippen molar-refractivity contribution in [3.63, 3.8) is 0 Å². The van der Waals surface area contributed by atoms with E-state index in [1.807, 2.05) is 0 Å². The Balaban J connectivity index is 2.08. The molecule has 0 bridgehead atoms. The van der Waals surface area contributed by atoms with Gasteiger partial charge in [-0.15, -0.1) is 0 Å². The van der Waals surface area contributed by atoms with Gasteiger partial charge in [0.15, 0.2) is 11.6 Å². The van der Waals surface area contributed by atoms with Crippen LogP contribution in [0.15, 0.2) is 58.6 Å². The molecule has 0 unspecified atom stereocenters. The molecule has 3 rings (SSSR count). The lowest BCUT2D eigenvalue weighted by atomic mass is 9.82. The molecule has 11 nitrogen and oxygen atoms in total. The van der Waals surface area contributed by atoms with E-state index in [1.165, 1.54) is 4.90 Å². The molecule has 39 heavy (non-hydrogen) atoms. The number of likely N-dealkylation sites (N-methyl/N-ethyl adjacent to an activating group) is 1. The minimum atomic E-state index is -1.53. The molecule has 2 aromatic carbocycles. The summed E-state index contributed by atoms with van der Waals surface area (Å²) >= 11 is 0. The van der Waals surface area contributed by atoms with Gasteiger partial charge in [-0.3, -0.25) is 9.59 Å². The van der Waals surface area contributed by atoms with Crippen LogP contribution >= 0.6 is 0 Å². The van der Waals surface area contributed by atoms with Gasteiger partial charge in [0.05, 0.1) is 6.61 Å². The normalized spacial score (nSPS) is 18.4. The largest absolute Gasteiger partial charge is 0.494 e. The number of aliphatic imine (C=N–C) groups is 1. The number of hydrogen-bond donors (Lipinski definition) is 1. The number of hydrogen-bond acceptors (Lipinski definition) is 8. The number of rotatable bonds is 11. The Morgan fingerprint density at radius 3 is 2.49 bits per heavy atom. The van der Waals surface area contributed by atoms with Crippen LogP contribution in [0.25, 0.3) is 10.4 Å². The molecule has 2 aromatic rings. The molecule has 0 aromatic heterocycles. The highest BCUT2D eigenvalue weighted by molar-refractivity contribution is 6.01. The van der Waals surface area contributed by atoms with Crippen LogP contribution in [0.4, 0.5) is 5.69 Å². The quantitative estimate of drug-likeness (QED) is 0.142. The maximum atomic E-state index is 13.8. The van der Waals surface area contributed by atoms with Gasteiger partial charge in [-0.25, -0.2) is 4.99 Å². The summed E-state index contributed by atoms with van der Waals surface area (Å²) in [6.45, 7) is 5.73. The van der Waals surface area contributed by atoms with E-state index in [-0.39, 0.29) is 31.3 Å². The number of amides is 1. The fourth-order valence-electron chi connectivity index (χ4n) is 4.25. The second kappa shape index (κ2) is 12.6.